The highest BCUT2D eigenvalue weighted by atomic mass is 15.1. The maximum atomic E-state index is 3.47. The Hall–Kier alpha value is -0.790. The lowest BCUT2D eigenvalue weighted by Crippen LogP contribution is -2.37. The molecule has 1 atom stereocenters. The molecule has 1 N–H and O–H groups in total. The van der Waals surface area contributed by atoms with Crippen LogP contribution in [0.15, 0.2) is 12.4 Å². The Bertz CT molecular complexity index is 330. The van der Waals surface area contributed by atoms with E-state index in [-0.39, 0.29) is 0 Å². The van der Waals surface area contributed by atoms with E-state index >= 15 is 0 Å². The van der Waals surface area contributed by atoms with Crippen LogP contribution in [0.2, 0.25) is 0 Å². The van der Waals surface area contributed by atoms with Gasteiger partial charge in [0.2, 0.25) is 0 Å². The van der Waals surface area contributed by atoms with Gasteiger partial charge in [-0.25, -0.2) is 9.55 Å². The Morgan fingerprint density at radius 2 is 1.65 bits per heavy atom. The maximum absolute atomic E-state index is 3.47. The van der Waals surface area contributed by atoms with Crippen molar-refractivity contribution in [3.63, 3.8) is 0 Å². The summed E-state index contributed by atoms with van der Waals surface area (Å²) in [5, 5.41) is 0. The molecule has 1 rings (SSSR count). The molecule has 0 radical (unpaired) electrons. The molecule has 20 heavy (non-hydrogen) atoms. The first-order valence-corrected chi connectivity index (χ1v) is 8.90. The summed E-state index contributed by atoms with van der Waals surface area (Å²) in [7, 11) is 0. The van der Waals surface area contributed by atoms with E-state index in [2.05, 4.69) is 42.7 Å². The quantitative estimate of drug-likeness (QED) is 0.393. The van der Waals surface area contributed by atoms with E-state index in [0.29, 0.717) is 5.92 Å². The van der Waals surface area contributed by atoms with Crippen LogP contribution < -0.4 is 4.57 Å². The first-order valence-electron chi connectivity index (χ1n) is 8.90. The van der Waals surface area contributed by atoms with Crippen molar-refractivity contribution >= 4 is 0 Å². The fraction of sp³-hybridized carbons (Fsp3) is 0.833. The molecule has 2 nitrogen and oxygen atoms in total. The molecule has 1 heterocycles. The van der Waals surface area contributed by atoms with E-state index in [4.69, 9.17) is 0 Å². The first-order chi connectivity index (χ1) is 9.83. The van der Waals surface area contributed by atoms with E-state index in [1.807, 2.05) is 0 Å². The second-order valence-electron chi connectivity index (χ2n) is 6.05. The largest absolute Gasteiger partial charge is 0.257 e. The summed E-state index contributed by atoms with van der Waals surface area (Å²) >= 11 is 0. The second-order valence-corrected chi connectivity index (χ2v) is 6.05. The second kappa shape index (κ2) is 10.9. The lowest BCUT2D eigenvalue weighted by molar-refractivity contribution is -0.704. The fourth-order valence-electron chi connectivity index (χ4n) is 3.05. The number of aromatic nitrogens is 2. The van der Waals surface area contributed by atoms with E-state index in [1.54, 1.807) is 0 Å². The molecule has 0 spiro atoms. The van der Waals surface area contributed by atoms with E-state index in [9.17, 15) is 0 Å². The monoisotopic (exact) mass is 279 g/mol. The zero-order valence-corrected chi connectivity index (χ0v) is 14.0. The SMILES string of the molecule is CCCCCCCCC[C@H](CC)c1[nH]cc[n+]1CCC. The molecule has 116 valence electrons. The smallest absolute Gasteiger partial charge is 0.247 e. The molecule has 2 heteroatoms. The molecule has 0 saturated carbocycles. The fourth-order valence-corrected chi connectivity index (χ4v) is 3.05. The van der Waals surface area contributed by atoms with Crippen LogP contribution in [-0.2, 0) is 6.54 Å². The normalized spacial score (nSPS) is 12.8. The zero-order chi connectivity index (χ0) is 14.6. The zero-order valence-electron chi connectivity index (χ0n) is 14.0. The van der Waals surface area contributed by atoms with Crippen molar-refractivity contribution in [1.29, 1.82) is 0 Å². The van der Waals surface area contributed by atoms with Gasteiger partial charge in [0, 0.05) is 0 Å². The molecule has 0 aromatic carbocycles. The van der Waals surface area contributed by atoms with Gasteiger partial charge in [-0.3, -0.25) is 0 Å². The van der Waals surface area contributed by atoms with Crippen molar-refractivity contribution in [3.8, 4) is 0 Å². The third-order valence-corrected chi connectivity index (χ3v) is 4.30. The number of aromatic amines is 1. The summed E-state index contributed by atoms with van der Waals surface area (Å²) in [6, 6.07) is 0. The van der Waals surface area contributed by atoms with Crippen molar-refractivity contribution < 1.29 is 4.57 Å². The Kier molecular flexibility index (Phi) is 9.44. The highest BCUT2D eigenvalue weighted by Crippen LogP contribution is 2.22. The summed E-state index contributed by atoms with van der Waals surface area (Å²) in [5.74, 6) is 2.16. The van der Waals surface area contributed by atoms with Crippen LogP contribution in [0.4, 0.5) is 0 Å². The number of aryl methyl sites for hydroxylation is 1. The van der Waals surface area contributed by atoms with Crippen LogP contribution in [0.1, 0.15) is 96.7 Å². The van der Waals surface area contributed by atoms with Crippen molar-refractivity contribution in [2.45, 2.75) is 97.4 Å². The summed E-state index contributed by atoms with van der Waals surface area (Å²) in [6.45, 7) is 8.00. The molecule has 0 aliphatic carbocycles. The molecule has 0 aliphatic rings. The molecule has 0 amide bonds. The maximum Gasteiger partial charge on any atom is 0.257 e. The molecule has 1 aromatic rings. The Morgan fingerprint density at radius 1 is 0.950 bits per heavy atom. The van der Waals surface area contributed by atoms with Crippen LogP contribution in [-0.4, -0.2) is 4.98 Å². The summed E-state index contributed by atoms with van der Waals surface area (Å²) in [5.41, 5.74) is 0. The molecule has 0 fully saturated rings. The molecule has 0 bridgehead atoms. The predicted molar refractivity (Wildman–Crippen MR) is 86.9 cm³/mol. The van der Waals surface area contributed by atoms with Gasteiger partial charge in [-0.2, -0.15) is 0 Å². The Morgan fingerprint density at radius 3 is 2.30 bits per heavy atom. The average molecular weight is 279 g/mol. The van der Waals surface area contributed by atoms with Crippen molar-refractivity contribution in [3.05, 3.63) is 18.2 Å². The number of hydrogen-bond acceptors (Lipinski definition) is 0. The van der Waals surface area contributed by atoms with Gasteiger partial charge in [-0.1, -0.05) is 65.7 Å². The van der Waals surface area contributed by atoms with Gasteiger partial charge in [0.1, 0.15) is 12.4 Å². The van der Waals surface area contributed by atoms with Crippen molar-refractivity contribution in [2.24, 2.45) is 0 Å². The highest BCUT2D eigenvalue weighted by molar-refractivity contribution is 4.89. The molecule has 0 aliphatic heterocycles. The number of H-pyrrole nitrogens is 1. The number of unbranched alkanes of at least 4 members (excludes halogenated alkanes) is 6. The predicted octanol–water partition coefficient (Wildman–Crippen LogP) is 5.35. The number of rotatable bonds is 12. The minimum absolute atomic E-state index is 0.715. The van der Waals surface area contributed by atoms with Gasteiger partial charge in [0.25, 0.3) is 5.82 Å². The molecular weight excluding hydrogens is 244 g/mol. The van der Waals surface area contributed by atoms with Crippen LogP contribution in [0.25, 0.3) is 0 Å². The summed E-state index contributed by atoms with van der Waals surface area (Å²) < 4.78 is 2.41. The van der Waals surface area contributed by atoms with Crippen LogP contribution >= 0.6 is 0 Å². The van der Waals surface area contributed by atoms with Crippen LogP contribution in [0.5, 0.6) is 0 Å². The molecular formula is C18H35N2+. The van der Waals surface area contributed by atoms with Crippen LogP contribution in [0, 0.1) is 0 Å². The third kappa shape index (κ3) is 6.11. The first kappa shape index (κ1) is 17.3. The van der Waals surface area contributed by atoms with Gasteiger partial charge in [-0.05, 0) is 19.3 Å². The van der Waals surface area contributed by atoms with Crippen molar-refractivity contribution in [2.75, 3.05) is 0 Å². The van der Waals surface area contributed by atoms with Gasteiger partial charge in [0.05, 0.1) is 12.5 Å². The standard InChI is InChI=1S/C18H34N2/c1-4-7-8-9-10-11-12-13-17(6-3)18-19-14-16-20(18)15-5-2/h14,16-17H,4-13,15H2,1-3H3/p+1/t17-/m0/s1. The Balaban J connectivity index is 2.27. The van der Waals surface area contributed by atoms with E-state index in [1.165, 1.54) is 70.0 Å². The molecule has 0 unspecified atom stereocenters. The Labute approximate surface area is 126 Å². The lowest BCUT2D eigenvalue weighted by atomic mass is 9.97. The third-order valence-electron chi connectivity index (χ3n) is 4.30. The van der Waals surface area contributed by atoms with Gasteiger partial charge < -0.3 is 0 Å². The molecule has 0 saturated heterocycles. The average Bonchev–Trinajstić information content (AvgIpc) is 2.91. The number of imidazole rings is 1. The van der Waals surface area contributed by atoms with E-state index in [0.717, 1.165) is 6.54 Å². The van der Waals surface area contributed by atoms with Gasteiger partial charge in [0.15, 0.2) is 0 Å². The number of nitrogens with one attached hydrogen (secondary N) is 1. The van der Waals surface area contributed by atoms with E-state index < -0.39 is 0 Å². The van der Waals surface area contributed by atoms with Gasteiger partial charge >= 0.3 is 0 Å². The number of nitrogens with zero attached hydrogens (tertiary/aromatic N) is 1. The topological polar surface area (TPSA) is 19.7 Å². The summed E-state index contributed by atoms with van der Waals surface area (Å²) in [4.78, 5) is 3.47. The summed E-state index contributed by atoms with van der Waals surface area (Å²) in [6.07, 6.45) is 18.0. The lowest BCUT2D eigenvalue weighted by Gasteiger charge is -2.11. The van der Waals surface area contributed by atoms with Crippen LogP contribution in [0.3, 0.4) is 0 Å². The minimum atomic E-state index is 0.715. The highest BCUT2D eigenvalue weighted by Gasteiger charge is 2.20. The van der Waals surface area contributed by atoms with Gasteiger partial charge in [-0.15, -0.1) is 0 Å². The minimum Gasteiger partial charge on any atom is -0.247 e. The molecule has 1 aromatic heterocycles. The number of hydrogen-bond donors (Lipinski definition) is 1. The van der Waals surface area contributed by atoms with Crippen molar-refractivity contribution in [1.82, 2.24) is 4.98 Å².